The second-order valence-electron chi connectivity index (χ2n) is 5.49. The van der Waals surface area contributed by atoms with Gasteiger partial charge in [0, 0.05) is 22.7 Å². The molecule has 24 heavy (non-hydrogen) atoms. The van der Waals surface area contributed by atoms with Crippen molar-refractivity contribution in [1.29, 1.82) is 0 Å². The maximum Gasteiger partial charge on any atom is 0.338 e. The summed E-state index contributed by atoms with van der Waals surface area (Å²) in [5, 5.41) is 0.984. The molecule has 0 bridgehead atoms. The van der Waals surface area contributed by atoms with Gasteiger partial charge in [0.2, 0.25) is 11.2 Å². The van der Waals surface area contributed by atoms with Crippen LogP contribution in [0.15, 0.2) is 39.7 Å². The fourth-order valence-electron chi connectivity index (χ4n) is 2.47. The summed E-state index contributed by atoms with van der Waals surface area (Å²) in [6.07, 6.45) is 1.20. The summed E-state index contributed by atoms with van der Waals surface area (Å²) in [5.74, 6) is -0.119. The Hall–Kier alpha value is -3.02. The van der Waals surface area contributed by atoms with Crippen molar-refractivity contribution in [3.05, 3.63) is 63.3 Å². The lowest BCUT2D eigenvalue weighted by atomic mass is 10.1. The summed E-state index contributed by atoms with van der Waals surface area (Å²) in [6, 6.07) is 6.58. The van der Waals surface area contributed by atoms with Crippen LogP contribution in [0.3, 0.4) is 0 Å². The molecule has 2 heterocycles. The van der Waals surface area contributed by atoms with Gasteiger partial charge >= 0.3 is 5.97 Å². The topological polar surface area (TPSA) is 81.5 Å². The first kappa shape index (κ1) is 15.9. The largest absolute Gasteiger partial charge is 0.490 e. The molecule has 6 nitrogen and oxygen atoms in total. The summed E-state index contributed by atoms with van der Waals surface area (Å²) >= 11 is 0. The lowest BCUT2D eigenvalue weighted by molar-refractivity contribution is 0.0443. The predicted octanol–water partition coefficient (Wildman–Crippen LogP) is 3.10. The van der Waals surface area contributed by atoms with E-state index in [4.69, 9.17) is 13.9 Å². The number of hydrogen-bond donors (Lipinski definition) is 1. The van der Waals surface area contributed by atoms with Gasteiger partial charge in [-0.05, 0) is 37.6 Å². The monoisotopic (exact) mass is 327 g/mol. The van der Waals surface area contributed by atoms with E-state index >= 15 is 0 Å². The third kappa shape index (κ3) is 2.90. The zero-order valence-electron chi connectivity index (χ0n) is 13.6. The van der Waals surface area contributed by atoms with Gasteiger partial charge in [-0.2, -0.15) is 0 Å². The number of rotatable bonds is 4. The van der Waals surface area contributed by atoms with E-state index in [2.05, 4.69) is 4.98 Å². The van der Waals surface area contributed by atoms with Crippen molar-refractivity contribution in [2.24, 2.45) is 0 Å². The summed E-state index contributed by atoms with van der Waals surface area (Å²) < 4.78 is 15.2. The highest BCUT2D eigenvalue weighted by molar-refractivity contribution is 5.96. The van der Waals surface area contributed by atoms with E-state index in [0.717, 1.165) is 22.2 Å². The van der Waals surface area contributed by atoms with E-state index < -0.39 is 5.97 Å². The van der Waals surface area contributed by atoms with Crippen LogP contribution in [0.25, 0.3) is 10.9 Å². The molecule has 1 N–H and O–H groups in total. The lowest BCUT2D eigenvalue weighted by Crippen LogP contribution is -2.08. The first-order valence-corrected chi connectivity index (χ1v) is 7.41. The Bertz CT molecular complexity index is 967. The molecule has 3 aromatic rings. The third-order valence-electron chi connectivity index (χ3n) is 3.96. The highest BCUT2D eigenvalue weighted by Gasteiger charge is 2.12. The molecule has 0 aliphatic heterocycles. The van der Waals surface area contributed by atoms with Crippen molar-refractivity contribution in [2.75, 3.05) is 7.11 Å². The van der Waals surface area contributed by atoms with Gasteiger partial charge in [0.05, 0.1) is 12.7 Å². The van der Waals surface area contributed by atoms with Crippen molar-refractivity contribution >= 4 is 16.9 Å². The molecule has 6 heteroatoms. The van der Waals surface area contributed by atoms with Crippen molar-refractivity contribution < 1.29 is 18.7 Å². The molecule has 0 amide bonds. The molecular weight excluding hydrogens is 310 g/mol. The maximum atomic E-state index is 12.2. The number of aryl methyl sites for hydroxylation is 2. The van der Waals surface area contributed by atoms with Crippen LogP contribution >= 0.6 is 0 Å². The van der Waals surface area contributed by atoms with Gasteiger partial charge in [-0.3, -0.25) is 4.79 Å². The molecule has 0 fully saturated rings. The van der Waals surface area contributed by atoms with Crippen LogP contribution in [0.5, 0.6) is 5.75 Å². The number of carbonyl (C=O) groups excluding carboxylic acids is 1. The maximum absolute atomic E-state index is 12.2. The Balaban J connectivity index is 1.76. The fraction of sp³-hybridized carbons (Fsp3) is 0.222. The highest BCUT2D eigenvalue weighted by atomic mass is 16.5. The number of esters is 1. The van der Waals surface area contributed by atoms with Crippen LogP contribution in [-0.2, 0) is 11.3 Å². The standard InChI is InChI=1S/C18H17NO5/c1-10-11(2)19-15-5-4-12(6-14(10)15)18(21)24-8-13-7-16(20)17(22-3)9-23-13/h4-7,9,19H,8H2,1-3H3. The smallest absolute Gasteiger partial charge is 0.338 e. The third-order valence-corrected chi connectivity index (χ3v) is 3.96. The predicted molar refractivity (Wildman–Crippen MR) is 88.4 cm³/mol. The van der Waals surface area contributed by atoms with E-state index in [9.17, 15) is 9.59 Å². The number of methoxy groups -OCH3 is 1. The van der Waals surface area contributed by atoms with Crippen molar-refractivity contribution in [2.45, 2.75) is 20.5 Å². The average molecular weight is 327 g/mol. The Morgan fingerprint density at radius 3 is 2.75 bits per heavy atom. The lowest BCUT2D eigenvalue weighted by Gasteiger charge is -2.05. The number of H-pyrrole nitrogens is 1. The Labute approximate surface area is 138 Å². The summed E-state index contributed by atoms with van der Waals surface area (Å²) in [4.78, 5) is 27.1. The molecule has 0 radical (unpaired) electrons. The van der Waals surface area contributed by atoms with E-state index in [1.165, 1.54) is 19.4 Å². The van der Waals surface area contributed by atoms with E-state index in [1.54, 1.807) is 12.1 Å². The molecule has 2 aromatic heterocycles. The van der Waals surface area contributed by atoms with Crippen LogP contribution in [0.4, 0.5) is 0 Å². The van der Waals surface area contributed by atoms with Crippen LogP contribution in [0, 0.1) is 13.8 Å². The van der Waals surface area contributed by atoms with Crippen molar-refractivity contribution in [3.8, 4) is 5.75 Å². The minimum Gasteiger partial charge on any atom is -0.490 e. The van der Waals surface area contributed by atoms with E-state index in [1.807, 2.05) is 19.9 Å². The van der Waals surface area contributed by atoms with Crippen LogP contribution in [0.1, 0.15) is 27.4 Å². The normalized spacial score (nSPS) is 10.8. The summed E-state index contributed by atoms with van der Waals surface area (Å²) in [5.41, 5.74) is 3.26. The number of ether oxygens (including phenoxy) is 2. The van der Waals surface area contributed by atoms with Crippen molar-refractivity contribution in [3.63, 3.8) is 0 Å². The molecule has 0 aliphatic rings. The molecule has 0 saturated carbocycles. The van der Waals surface area contributed by atoms with Gasteiger partial charge in [-0.25, -0.2) is 4.79 Å². The minimum atomic E-state index is -0.478. The Morgan fingerprint density at radius 1 is 1.25 bits per heavy atom. The molecule has 0 saturated heterocycles. The van der Waals surface area contributed by atoms with Crippen LogP contribution in [-0.4, -0.2) is 18.1 Å². The van der Waals surface area contributed by atoms with E-state index in [0.29, 0.717) is 5.56 Å². The molecule has 0 unspecified atom stereocenters. The summed E-state index contributed by atoms with van der Waals surface area (Å²) in [6.45, 7) is 3.86. The number of aromatic nitrogens is 1. The van der Waals surface area contributed by atoms with Gasteiger partial charge in [0.25, 0.3) is 0 Å². The minimum absolute atomic E-state index is 0.105. The van der Waals surface area contributed by atoms with Gasteiger partial charge in [-0.15, -0.1) is 0 Å². The highest BCUT2D eigenvalue weighted by Crippen LogP contribution is 2.22. The number of aromatic amines is 1. The van der Waals surface area contributed by atoms with Crippen LogP contribution < -0.4 is 10.2 Å². The summed E-state index contributed by atoms with van der Waals surface area (Å²) in [7, 11) is 1.38. The average Bonchev–Trinajstić information content (AvgIpc) is 2.87. The number of nitrogens with one attached hydrogen (secondary N) is 1. The Kier molecular flexibility index (Phi) is 4.12. The SMILES string of the molecule is COc1coc(COC(=O)c2ccc3[nH]c(C)c(C)c3c2)cc1=O. The van der Waals surface area contributed by atoms with Gasteiger partial charge < -0.3 is 18.9 Å². The Morgan fingerprint density at radius 2 is 2.04 bits per heavy atom. The number of carbonyl (C=O) groups is 1. The zero-order valence-corrected chi connectivity index (χ0v) is 13.6. The van der Waals surface area contributed by atoms with Gasteiger partial charge in [0.1, 0.15) is 18.6 Å². The van der Waals surface area contributed by atoms with Gasteiger partial charge in [-0.1, -0.05) is 0 Å². The molecule has 0 spiro atoms. The van der Waals surface area contributed by atoms with Gasteiger partial charge in [0.15, 0.2) is 0 Å². The molecule has 1 aromatic carbocycles. The zero-order chi connectivity index (χ0) is 17.3. The number of hydrogen-bond acceptors (Lipinski definition) is 5. The van der Waals surface area contributed by atoms with Crippen molar-refractivity contribution in [1.82, 2.24) is 4.98 Å². The molecule has 0 aliphatic carbocycles. The molecule has 3 rings (SSSR count). The number of fused-ring (bicyclic) bond motifs is 1. The second kappa shape index (κ2) is 6.23. The molecule has 0 atom stereocenters. The van der Waals surface area contributed by atoms with Crippen LogP contribution in [0.2, 0.25) is 0 Å². The molecular formula is C18H17NO5. The molecule has 124 valence electrons. The van der Waals surface area contributed by atoms with E-state index in [-0.39, 0.29) is 23.5 Å². The quantitative estimate of drug-likeness (QED) is 0.745. The fourth-order valence-corrected chi connectivity index (χ4v) is 2.47. The first-order valence-electron chi connectivity index (χ1n) is 7.41. The first-order chi connectivity index (χ1) is 11.5. The second-order valence-corrected chi connectivity index (χ2v) is 5.49. The number of benzene rings is 1.